The van der Waals surface area contributed by atoms with Gasteiger partial charge in [0.2, 0.25) is 11.9 Å². The third kappa shape index (κ3) is 7.60. The van der Waals surface area contributed by atoms with Crippen LogP contribution in [0.15, 0.2) is 47.5 Å². The summed E-state index contributed by atoms with van der Waals surface area (Å²) in [5.41, 5.74) is 3.45. The van der Waals surface area contributed by atoms with Gasteiger partial charge in [-0.05, 0) is 61.7 Å². The summed E-state index contributed by atoms with van der Waals surface area (Å²) in [6.45, 7) is 7.23. The highest BCUT2D eigenvalue weighted by molar-refractivity contribution is 7.91. The van der Waals surface area contributed by atoms with Crippen LogP contribution in [0.1, 0.15) is 24.5 Å². The molecule has 2 aromatic carbocycles. The Morgan fingerprint density at radius 2 is 1.70 bits per heavy atom. The van der Waals surface area contributed by atoms with Crippen molar-refractivity contribution >= 4 is 50.5 Å². The molecule has 13 heteroatoms. The van der Waals surface area contributed by atoms with Crippen molar-refractivity contribution in [1.82, 2.24) is 24.7 Å². The van der Waals surface area contributed by atoms with Crippen LogP contribution < -0.4 is 15.4 Å². The topological polar surface area (TPSA) is 120 Å². The normalized spacial score (nSPS) is 16.2. The predicted octanol–water partition coefficient (Wildman–Crippen LogP) is 3.98. The molecule has 2 aliphatic heterocycles. The van der Waals surface area contributed by atoms with Gasteiger partial charge in [-0.25, -0.2) is 13.4 Å². The number of methoxy groups -OCH3 is 1. The second-order valence-corrected chi connectivity index (χ2v) is 13.7. The fourth-order valence-electron chi connectivity index (χ4n) is 5.56. The van der Waals surface area contributed by atoms with Crippen LogP contribution >= 0.6 is 11.6 Å². The Morgan fingerprint density at radius 3 is 2.41 bits per heavy atom. The molecule has 0 bridgehead atoms. The molecule has 1 saturated heterocycles. The number of halogens is 1. The molecule has 1 fully saturated rings. The first-order valence-electron chi connectivity index (χ1n) is 14.9. The van der Waals surface area contributed by atoms with E-state index in [2.05, 4.69) is 43.5 Å². The number of nitrogens with one attached hydrogen (secondary N) is 2. The summed E-state index contributed by atoms with van der Waals surface area (Å²) in [6.07, 6.45) is 3.58. The number of ether oxygens (including phenoxy) is 1. The molecule has 11 nitrogen and oxygen atoms in total. The van der Waals surface area contributed by atoms with Gasteiger partial charge in [0.05, 0.1) is 41.9 Å². The molecule has 0 spiro atoms. The number of hydrogen-bond donors (Lipinski definition) is 2. The van der Waals surface area contributed by atoms with E-state index in [-0.39, 0.29) is 33.3 Å². The second-order valence-electron chi connectivity index (χ2n) is 11.2. The molecule has 236 valence electrons. The predicted molar refractivity (Wildman–Crippen MR) is 173 cm³/mol. The largest absolute Gasteiger partial charge is 0.495 e. The molecule has 44 heavy (non-hydrogen) atoms. The first kappa shape index (κ1) is 32.0. The van der Waals surface area contributed by atoms with Gasteiger partial charge in [-0.2, -0.15) is 4.98 Å². The van der Waals surface area contributed by atoms with E-state index >= 15 is 0 Å². The molecule has 3 aromatic rings. The van der Waals surface area contributed by atoms with E-state index in [0.29, 0.717) is 30.1 Å². The van der Waals surface area contributed by atoms with E-state index < -0.39 is 9.84 Å². The molecular weight excluding hydrogens is 602 g/mol. The molecule has 1 aromatic heterocycles. The molecule has 0 atom stereocenters. The Bertz CT molecular complexity index is 1600. The Kier molecular flexibility index (Phi) is 10.2. The summed E-state index contributed by atoms with van der Waals surface area (Å²) in [5.74, 6) is 1.43. The average Bonchev–Trinajstić information content (AvgIpc) is 3.20. The number of carbonyl (C=O) groups is 1. The highest BCUT2D eigenvalue weighted by Gasteiger charge is 2.24. The van der Waals surface area contributed by atoms with Crippen LogP contribution in [0.25, 0.3) is 0 Å². The van der Waals surface area contributed by atoms with E-state index in [1.807, 2.05) is 17.9 Å². The number of hydrogen-bond acceptors (Lipinski definition) is 10. The molecule has 2 N–H and O–H groups in total. The van der Waals surface area contributed by atoms with Gasteiger partial charge < -0.3 is 25.2 Å². The van der Waals surface area contributed by atoms with Gasteiger partial charge >= 0.3 is 0 Å². The van der Waals surface area contributed by atoms with Crippen molar-refractivity contribution in [3.8, 4) is 5.75 Å². The first-order chi connectivity index (χ1) is 21.2. The van der Waals surface area contributed by atoms with Gasteiger partial charge in [-0.1, -0.05) is 30.7 Å². The van der Waals surface area contributed by atoms with Crippen molar-refractivity contribution in [1.29, 1.82) is 0 Å². The Balaban J connectivity index is 1.31. The molecule has 0 radical (unpaired) electrons. The van der Waals surface area contributed by atoms with E-state index in [4.69, 9.17) is 16.3 Å². The van der Waals surface area contributed by atoms with Crippen molar-refractivity contribution in [2.24, 2.45) is 0 Å². The number of para-hydroxylation sites is 1. The standard InChI is InChI=1S/C31H40ClN7O4S/c1-4-17-44(41,42)28-8-6-5-7-25(28)34-30-24(32)20-33-31(36-30)35-26-18-22-9-11-38(12-10-23(22)19-27(26)43-3)21-29(40)39-15-13-37(2)14-16-39/h5-8,18-20H,4,9-17,21H2,1-3H3,(H2,33,34,35,36). The van der Waals surface area contributed by atoms with Crippen LogP contribution in [0.4, 0.5) is 23.1 Å². The summed E-state index contributed by atoms with van der Waals surface area (Å²) < 4.78 is 31.4. The Hall–Kier alpha value is -3.45. The van der Waals surface area contributed by atoms with Crippen molar-refractivity contribution in [3.05, 3.63) is 58.7 Å². The van der Waals surface area contributed by atoms with E-state index in [9.17, 15) is 13.2 Å². The zero-order valence-electron chi connectivity index (χ0n) is 25.5. The van der Waals surface area contributed by atoms with Crippen LogP contribution in [-0.4, -0.2) is 105 Å². The van der Waals surface area contributed by atoms with Gasteiger partial charge in [0.15, 0.2) is 15.7 Å². The minimum atomic E-state index is -3.48. The molecule has 1 amide bonds. The first-order valence-corrected chi connectivity index (χ1v) is 17.0. The zero-order valence-corrected chi connectivity index (χ0v) is 27.0. The number of fused-ring (bicyclic) bond motifs is 1. The molecule has 2 aliphatic rings. The number of benzene rings is 2. The fourth-order valence-corrected chi connectivity index (χ4v) is 7.19. The number of anilines is 4. The van der Waals surface area contributed by atoms with Crippen LogP contribution in [0.5, 0.6) is 5.75 Å². The summed E-state index contributed by atoms with van der Waals surface area (Å²) >= 11 is 6.43. The van der Waals surface area contributed by atoms with Gasteiger partial charge in [0, 0.05) is 39.3 Å². The number of amides is 1. The minimum Gasteiger partial charge on any atom is -0.495 e. The monoisotopic (exact) mass is 641 g/mol. The minimum absolute atomic E-state index is 0.0401. The van der Waals surface area contributed by atoms with E-state index in [1.54, 1.807) is 31.4 Å². The molecule has 0 unspecified atom stereocenters. The second kappa shape index (κ2) is 14.1. The molecule has 0 aliphatic carbocycles. The van der Waals surface area contributed by atoms with E-state index in [0.717, 1.165) is 52.1 Å². The number of carbonyl (C=O) groups excluding carboxylic acids is 1. The maximum absolute atomic E-state index is 13.0. The Labute approximate surface area is 264 Å². The highest BCUT2D eigenvalue weighted by atomic mass is 35.5. The van der Waals surface area contributed by atoms with Crippen LogP contribution in [0.3, 0.4) is 0 Å². The maximum atomic E-state index is 13.0. The maximum Gasteiger partial charge on any atom is 0.236 e. The lowest BCUT2D eigenvalue weighted by molar-refractivity contribution is -0.134. The Morgan fingerprint density at radius 1 is 1.00 bits per heavy atom. The number of aromatic nitrogens is 2. The third-order valence-electron chi connectivity index (χ3n) is 8.07. The number of nitrogens with zero attached hydrogens (tertiary/aromatic N) is 5. The highest BCUT2D eigenvalue weighted by Crippen LogP contribution is 2.34. The SMILES string of the molecule is CCCS(=O)(=O)c1ccccc1Nc1nc(Nc2cc3c(cc2OC)CCN(CC(=O)N2CCN(C)CC2)CC3)ncc1Cl. The van der Waals surface area contributed by atoms with Crippen molar-refractivity contribution in [2.45, 2.75) is 31.1 Å². The zero-order chi connectivity index (χ0) is 31.3. The summed E-state index contributed by atoms with van der Waals surface area (Å²) in [4.78, 5) is 28.5. The van der Waals surface area contributed by atoms with E-state index in [1.165, 1.54) is 17.3 Å². The lowest BCUT2D eigenvalue weighted by atomic mass is 10.0. The molecule has 5 rings (SSSR count). The fraction of sp³-hybridized carbons (Fsp3) is 0.452. The average molecular weight is 642 g/mol. The van der Waals surface area contributed by atoms with Gasteiger partial charge in [-0.3, -0.25) is 9.69 Å². The third-order valence-corrected chi connectivity index (χ3v) is 10.3. The summed E-state index contributed by atoms with van der Waals surface area (Å²) in [5, 5.41) is 6.60. The van der Waals surface area contributed by atoms with Gasteiger partial charge in [0.25, 0.3) is 0 Å². The number of likely N-dealkylation sites (N-methyl/N-ethyl adjacent to an activating group) is 1. The van der Waals surface area contributed by atoms with Gasteiger partial charge in [0.1, 0.15) is 10.8 Å². The lowest BCUT2D eigenvalue weighted by Gasteiger charge is -2.33. The number of rotatable bonds is 10. The number of sulfone groups is 1. The summed E-state index contributed by atoms with van der Waals surface area (Å²) in [6, 6.07) is 10.8. The molecular formula is C31H40ClN7O4S. The van der Waals surface area contributed by atoms with Crippen LogP contribution in [-0.2, 0) is 27.5 Å². The van der Waals surface area contributed by atoms with Gasteiger partial charge in [-0.15, -0.1) is 0 Å². The van der Waals surface area contributed by atoms with Crippen LogP contribution in [0, 0.1) is 0 Å². The lowest BCUT2D eigenvalue weighted by Crippen LogP contribution is -2.50. The smallest absolute Gasteiger partial charge is 0.236 e. The van der Waals surface area contributed by atoms with Crippen molar-refractivity contribution < 1.29 is 17.9 Å². The summed E-state index contributed by atoms with van der Waals surface area (Å²) in [7, 11) is 0.226. The quantitative estimate of drug-likeness (QED) is 0.336. The van der Waals surface area contributed by atoms with Crippen molar-refractivity contribution in [3.63, 3.8) is 0 Å². The number of piperazine rings is 1. The molecule has 3 heterocycles. The van der Waals surface area contributed by atoms with Crippen molar-refractivity contribution in [2.75, 3.05) is 76.4 Å². The van der Waals surface area contributed by atoms with Crippen LogP contribution in [0.2, 0.25) is 5.02 Å². The molecule has 0 saturated carbocycles.